The average molecular weight is 618 g/mol. The third-order valence-electron chi connectivity index (χ3n) is 10.4. The van der Waals surface area contributed by atoms with Gasteiger partial charge in [0.25, 0.3) is 0 Å². The molecule has 222 valence electrons. The first kappa shape index (κ1) is 26.7. The summed E-state index contributed by atoms with van der Waals surface area (Å²) in [5.74, 6) is 0. The van der Waals surface area contributed by atoms with Crippen LogP contribution in [0.1, 0.15) is 25.0 Å². The third kappa shape index (κ3) is 3.89. The van der Waals surface area contributed by atoms with Crippen LogP contribution in [0.15, 0.2) is 152 Å². The molecule has 0 bridgehead atoms. The molecule has 0 saturated carbocycles. The van der Waals surface area contributed by atoms with E-state index in [9.17, 15) is 0 Å². The number of benzene rings is 8. The summed E-state index contributed by atoms with van der Waals surface area (Å²) in [5, 5.41) is 10.4. The van der Waals surface area contributed by atoms with Crippen molar-refractivity contribution in [2.45, 2.75) is 19.3 Å². The van der Waals surface area contributed by atoms with E-state index in [1.165, 1.54) is 86.1 Å². The van der Waals surface area contributed by atoms with E-state index in [1.807, 2.05) is 11.3 Å². The molecule has 1 nitrogen and oxygen atoms in total. The van der Waals surface area contributed by atoms with E-state index in [0.29, 0.717) is 0 Å². The van der Waals surface area contributed by atoms with Crippen molar-refractivity contribution in [2.24, 2.45) is 0 Å². The minimum Gasteiger partial charge on any atom is -0.310 e. The van der Waals surface area contributed by atoms with Crippen LogP contribution in [-0.2, 0) is 5.41 Å². The van der Waals surface area contributed by atoms with E-state index >= 15 is 0 Å². The van der Waals surface area contributed by atoms with Crippen molar-refractivity contribution in [3.8, 4) is 11.1 Å². The molecular formula is C45H31NS. The highest BCUT2D eigenvalue weighted by Gasteiger charge is 2.35. The molecule has 1 aliphatic rings. The number of thiophene rings is 1. The first-order chi connectivity index (χ1) is 23.0. The molecular weight excluding hydrogens is 587 g/mol. The monoisotopic (exact) mass is 617 g/mol. The Labute approximate surface area is 278 Å². The topological polar surface area (TPSA) is 3.24 Å². The van der Waals surface area contributed by atoms with Crippen LogP contribution in [-0.4, -0.2) is 0 Å². The summed E-state index contributed by atoms with van der Waals surface area (Å²) in [7, 11) is 0. The Morgan fingerprint density at radius 1 is 0.447 bits per heavy atom. The van der Waals surface area contributed by atoms with Crippen LogP contribution in [0.25, 0.3) is 63.6 Å². The summed E-state index contributed by atoms with van der Waals surface area (Å²) >= 11 is 1.91. The van der Waals surface area contributed by atoms with E-state index < -0.39 is 0 Å². The van der Waals surface area contributed by atoms with E-state index in [1.54, 1.807) is 0 Å². The van der Waals surface area contributed by atoms with Crippen molar-refractivity contribution in [1.82, 2.24) is 0 Å². The molecule has 0 atom stereocenters. The molecule has 0 amide bonds. The lowest BCUT2D eigenvalue weighted by Crippen LogP contribution is -2.15. The van der Waals surface area contributed by atoms with E-state index in [0.717, 1.165) is 5.69 Å². The van der Waals surface area contributed by atoms with Gasteiger partial charge in [0.15, 0.2) is 0 Å². The molecule has 1 heterocycles. The van der Waals surface area contributed by atoms with E-state index in [2.05, 4.69) is 170 Å². The normalized spacial score (nSPS) is 13.5. The summed E-state index contributed by atoms with van der Waals surface area (Å²) in [5.41, 5.74) is 8.92. The van der Waals surface area contributed by atoms with Crippen molar-refractivity contribution >= 4 is 80.9 Å². The Kier molecular flexibility index (Phi) is 5.57. The van der Waals surface area contributed by atoms with Crippen LogP contribution in [0.2, 0.25) is 0 Å². The minimum absolute atomic E-state index is 0.0266. The van der Waals surface area contributed by atoms with Crippen molar-refractivity contribution < 1.29 is 0 Å². The zero-order valence-electron chi connectivity index (χ0n) is 26.3. The van der Waals surface area contributed by atoms with Gasteiger partial charge in [0.1, 0.15) is 0 Å². The second-order valence-electron chi connectivity index (χ2n) is 13.4. The number of fused-ring (bicyclic) bond motifs is 11. The lowest BCUT2D eigenvalue weighted by molar-refractivity contribution is 0.660. The number of hydrogen-bond donors (Lipinski definition) is 0. The minimum atomic E-state index is -0.0266. The Balaban J connectivity index is 1.21. The lowest BCUT2D eigenvalue weighted by Gasteiger charge is -2.27. The van der Waals surface area contributed by atoms with Gasteiger partial charge in [-0.15, -0.1) is 11.3 Å². The summed E-state index contributed by atoms with van der Waals surface area (Å²) in [6, 6.07) is 56.4. The van der Waals surface area contributed by atoms with Gasteiger partial charge in [-0.2, -0.15) is 0 Å². The fourth-order valence-corrected chi connectivity index (χ4v) is 9.36. The highest BCUT2D eigenvalue weighted by Crippen LogP contribution is 2.51. The zero-order valence-corrected chi connectivity index (χ0v) is 27.1. The van der Waals surface area contributed by atoms with Crippen LogP contribution < -0.4 is 4.90 Å². The van der Waals surface area contributed by atoms with Gasteiger partial charge in [-0.05, 0) is 85.6 Å². The molecule has 1 aromatic heterocycles. The van der Waals surface area contributed by atoms with Gasteiger partial charge in [0, 0.05) is 48.0 Å². The van der Waals surface area contributed by atoms with Gasteiger partial charge < -0.3 is 4.90 Å². The first-order valence-corrected chi connectivity index (χ1v) is 17.2. The van der Waals surface area contributed by atoms with Crippen molar-refractivity contribution in [2.75, 3.05) is 4.90 Å². The molecule has 0 spiro atoms. The number of nitrogens with zero attached hydrogens (tertiary/aromatic N) is 1. The number of anilines is 3. The van der Waals surface area contributed by atoms with E-state index in [-0.39, 0.29) is 5.41 Å². The molecule has 0 fully saturated rings. The molecule has 0 unspecified atom stereocenters. The maximum Gasteiger partial charge on any atom is 0.0476 e. The molecule has 0 saturated heterocycles. The van der Waals surface area contributed by atoms with Gasteiger partial charge >= 0.3 is 0 Å². The molecule has 9 aromatic rings. The fourth-order valence-electron chi connectivity index (χ4n) is 8.06. The lowest BCUT2D eigenvalue weighted by atomic mass is 9.82. The maximum absolute atomic E-state index is 2.44. The number of hydrogen-bond acceptors (Lipinski definition) is 2. The second kappa shape index (κ2) is 9.78. The molecule has 8 aromatic carbocycles. The fraction of sp³-hybridized carbons (Fsp3) is 0.0667. The standard InChI is InChI=1S/C45H31NS/c1-45(2)40-14-8-7-13-36(40)39-26-33(21-24-41(39)45)46(32-19-17-28-9-3-4-11-31(28)25-32)34-20-23-37-38-22-18-30-16-15-29-10-5-6-12-35(29)43(30)44(38)47-42(37)27-34/h3-27H,1-2H3. The van der Waals surface area contributed by atoms with Crippen LogP contribution >= 0.6 is 11.3 Å². The first-order valence-electron chi connectivity index (χ1n) is 16.3. The SMILES string of the molecule is CC1(C)c2ccccc2-c2cc(N(c3ccc4ccccc4c3)c3ccc4c(c3)sc3c4ccc4ccc5ccccc5c43)ccc21. The predicted octanol–water partition coefficient (Wildman–Crippen LogP) is 13.3. The summed E-state index contributed by atoms with van der Waals surface area (Å²) < 4.78 is 2.66. The van der Waals surface area contributed by atoms with E-state index in [4.69, 9.17) is 0 Å². The quantitative estimate of drug-likeness (QED) is 0.178. The van der Waals surface area contributed by atoms with Crippen molar-refractivity contribution in [3.05, 3.63) is 163 Å². The molecule has 10 rings (SSSR count). The van der Waals surface area contributed by atoms with Crippen LogP contribution in [0.3, 0.4) is 0 Å². The van der Waals surface area contributed by atoms with Gasteiger partial charge in [0.2, 0.25) is 0 Å². The van der Waals surface area contributed by atoms with Crippen LogP contribution in [0, 0.1) is 0 Å². The van der Waals surface area contributed by atoms with Crippen LogP contribution in [0.4, 0.5) is 17.1 Å². The van der Waals surface area contributed by atoms with Gasteiger partial charge in [-0.25, -0.2) is 0 Å². The largest absolute Gasteiger partial charge is 0.310 e. The molecule has 0 N–H and O–H groups in total. The second-order valence-corrected chi connectivity index (χ2v) is 14.4. The summed E-state index contributed by atoms with van der Waals surface area (Å²) in [4.78, 5) is 2.44. The smallest absolute Gasteiger partial charge is 0.0476 e. The average Bonchev–Trinajstić information content (AvgIpc) is 3.60. The Morgan fingerprint density at radius 2 is 1.06 bits per heavy atom. The Hall–Kier alpha value is -5.44. The highest BCUT2D eigenvalue weighted by molar-refractivity contribution is 7.26. The number of rotatable bonds is 3. The molecule has 0 radical (unpaired) electrons. The molecule has 47 heavy (non-hydrogen) atoms. The maximum atomic E-state index is 2.44. The molecule has 1 aliphatic carbocycles. The molecule has 2 heteroatoms. The molecule has 0 aliphatic heterocycles. The van der Waals surface area contributed by atoms with Gasteiger partial charge in [0.05, 0.1) is 0 Å². The van der Waals surface area contributed by atoms with Crippen LogP contribution in [0.5, 0.6) is 0 Å². The van der Waals surface area contributed by atoms with Gasteiger partial charge in [-0.3, -0.25) is 0 Å². The Bertz CT molecular complexity index is 2730. The summed E-state index contributed by atoms with van der Waals surface area (Å²) in [6.45, 7) is 4.70. The summed E-state index contributed by atoms with van der Waals surface area (Å²) in [6.07, 6.45) is 0. The predicted molar refractivity (Wildman–Crippen MR) is 204 cm³/mol. The zero-order chi connectivity index (χ0) is 31.3. The van der Waals surface area contributed by atoms with Gasteiger partial charge in [-0.1, -0.05) is 129 Å². The van der Waals surface area contributed by atoms with Crippen molar-refractivity contribution in [1.29, 1.82) is 0 Å². The Morgan fingerprint density at radius 3 is 1.98 bits per heavy atom. The van der Waals surface area contributed by atoms with Crippen molar-refractivity contribution in [3.63, 3.8) is 0 Å². The highest BCUT2D eigenvalue weighted by atomic mass is 32.1. The third-order valence-corrected chi connectivity index (χ3v) is 11.6.